The van der Waals surface area contributed by atoms with Crippen LogP contribution in [0.4, 0.5) is 0 Å². The predicted molar refractivity (Wildman–Crippen MR) is 97.3 cm³/mol. The number of carboxylic acids is 1. The zero-order chi connectivity index (χ0) is 17.2. The molecule has 3 heteroatoms. The van der Waals surface area contributed by atoms with E-state index in [-0.39, 0.29) is 6.42 Å². The quantitative estimate of drug-likeness (QED) is 0.286. The third-order valence-corrected chi connectivity index (χ3v) is 3.00. The maximum atomic E-state index is 10.3. The number of unbranched alkanes of at least 4 members (excludes halogenated alkanes) is 1. The van der Waals surface area contributed by atoms with Crippen molar-refractivity contribution in [3.05, 3.63) is 60.8 Å². The van der Waals surface area contributed by atoms with Gasteiger partial charge in [-0.25, -0.2) is 0 Å². The summed E-state index contributed by atoms with van der Waals surface area (Å²) in [4.78, 5) is 10.3. The first-order valence-electron chi connectivity index (χ1n) is 8.35. The molecule has 0 aromatic rings. The van der Waals surface area contributed by atoms with Crippen LogP contribution in [0.15, 0.2) is 60.8 Å². The molecule has 0 aliphatic carbocycles. The van der Waals surface area contributed by atoms with Gasteiger partial charge in [0.25, 0.3) is 0 Å². The van der Waals surface area contributed by atoms with Gasteiger partial charge in [0.2, 0.25) is 0 Å². The van der Waals surface area contributed by atoms with Crippen LogP contribution in [-0.4, -0.2) is 22.3 Å². The first-order chi connectivity index (χ1) is 11.2. The normalized spacial score (nSPS) is 14.2. The van der Waals surface area contributed by atoms with Gasteiger partial charge < -0.3 is 10.2 Å². The lowest BCUT2D eigenvalue weighted by Gasteiger charge is -1.98. The molecule has 0 rings (SSSR count). The highest BCUT2D eigenvalue weighted by Crippen LogP contribution is 1.99. The Kier molecular flexibility index (Phi) is 15.2. The molecule has 0 aliphatic rings. The molecule has 0 radical (unpaired) electrons. The summed E-state index contributed by atoms with van der Waals surface area (Å²) in [6, 6.07) is 0. The van der Waals surface area contributed by atoms with Crippen molar-refractivity contribution in [3.8, 4) is 0 Å². The van der Waals surface area contributed by atoms with E-state index in [0.717, 1.165) is 25.7 Å². The summed E-state index contributed by atoms with van der Waals surface area (Å²) in [7, 11) is 0. The number of rotatable bonds is 13. The number of carboxylic acid groups (broad SMARTS) is 1. The lowest BCUT2D eigenvalue weighted by Crippen LogP contribution is -1.98. The number of aliphatic hydroxyl groups is 1. The largest absolute Gasteiger partial charge is 0.481 e. The van der Waals surface area contributed by atoms with Gasteiger partial charge in [-0.1, -0.05) is 67.7 Å². The van der Waals surface area contributed by atoms with Crippen molar-refractivity contribution >= 4 is 5.97 Å². The Morgan fingerprint density at radius 2 is 1.65 bits per heavy atom. The predicted octanol–water partition coefficient (Wildman–Crippen LogP) is 4.96. The summed E-state index contributed by atoms with van der Waals surface area (Å²) in [5.41, 5.74) is 0. The van der Waals surface area contributed by atoms with Crippen molar-refractivity contribution in [2.24, 2.45) is 0 Å². The van der Waals surface area contributed by atoms with Crippen LogP contribution >= 0.6 is 0 Å². The van der Waals surface area contributed by atoms with Crippen LogP contribution in [0, 0.1) is 0 Å². The monoisotopic (exact) mass is 318 g/mol. The third kappa shape index (κ3) is 18.1. The van der Waals surface area contributed by atoms with Crippen LogP contribution in [0.3, 0.4) is 0 Å². The molecular formula is C20H30O3. The number of hydrogen-bond acceptors (Lipinski definition) is 2. The summed E-state index contributed by atoms with van der Waals surface area (Å²) < 4.78 is 0. The highest BCUT2D eigenvalue weighted by Gasteiger charge is 1.93. The van der Waals surface area contributed by atoms with Gasteiger partial charge in [-0.15, -0.1) is 0 Å². The Balaban J connectivity index is 3.63. The SMILES string of the molecule is CC/C=C/CC(O)/C=C/C=C/C/C=C/C/C=C/CCCC(=O)O. The lowest BCUT2D eigenvalue weighted by atomic mass is 10.2. The number of aliphatic carboxylic acids is 1. The second-order valence-electron chi connectivity index (χ2n) is 5.20. The minimum atomic E-state index is -0.732. The van der Waals surface area contributed by atoms with Gasteiger partial charge in [0.1, 0.15) is 0 Å². The Hall–Kier alpha value is -1.87. The average Bonchev–Trinajstić information content (AvgIpc) is 2.51. The molecule has 0 amide bonds. The summed E-state index contributed by atoms with van der Waals surface area (Å²) in [6.45, 7) is 2.07. The fraction of sp³-hybridized carbons (Fsp3) is 0.450. The smallest absolute Gasteiger partial charge is 0.303 e. The summed E-state index contributed by atoms with van der Waals surface area (Å²) in [5.74, 6) is -0.732. The Morgan fingerprint density at radius 1 is 0.957 bits per heavy atom. The van der Waals surface area contributed by atoms with E-state index in [9.17, 15) is 9.90 Å². The summed E-state index contributed by atoms with van der Waals surface area (Å²) in [5, 5.41) is 18.1. The molecule has 23 heavy (non-hydrogen) atoms. The van der Waals surface area contributed by atoms with Crippen LogP contribution in [0.5, 0.6) is 0 Å². The topological polar surface area (TPSA) is 57.5 Å². The van der Waals surface area contributed by atoms with E-state index in [1.807, 2.05) is 30.4 Å². The van der Waals surface area contributed by atoms with E-state index in [0.29, 0.717) is 12.8 Å². The minimum Gasteiger partial charge on any atom is -0.481 e. The van der Waals surface area contributed by atoms with Crippen molar-refractivity contribution in [1.29, 1.82) is 0 Å². The number of aliphatic hydroxyl groups excluding tert-OH is 1. The Morgan fingerprint density at radius 3 is 2.35 bits per heavy atom. The first kappa shape index (κ1) is 21.1. The molecule has 0 fully saturated rings. The molecule has 0 aromatic carbocycles. The van der Waals surface area contributed by atoms with Crippen LogP contribution < -0.4 is 0 Å². The second-order valence-corrected chi connectivity index (χ2v) is 5.20. The molecule has 0 bridgehead atoms. The van der Waals surface area contributed by atoms with Gasteiger partial charge in [-0.3, -0.25) is 4.79 Å². The molecule has 0 aliphatic heterocycles. The van der Waals surface area contributed by atoms with Crippen LogP contribution in [-0.2, 0) is 4.79 Å². The summed E-state index contributed by atoms with van der Waals surface area (Å²) in [6.07, 6.45) is 24.7. The highest BCUT2D eigenvalue weighted by atomic mass is 16.4. The van der Waals surface area contributed by atoms with Crippen molar-refractivity contribution in [2.75, 3.05) is 0 Å². The molecule has 0 saturated carbocycles. The van der Waals surface area contributed by atoms with Gasteiger partial charge in [-0.2, -0.15) is 0 Å². The van der Waals surface area contributed by atoms with Gasteiger partial charge >= 0.3 is 5.97 Å². The van der Waals surface area contributed by atoms with Crippen LogP contribution in [0.2, 0.25) is 0 Å². The molecule has 0 aromatic heterocycles. The molecule has 1 unspecified atom stereocenters. The van der Waals surface area contributed by atoms with Gasteiger partial charge in [0.05, 0.1) is 6.10 Å². The fourth-order valence-corrected chi connectivity index (χ4v) is 1.77. The molecule has 2 N–H and O–H groups in total. The maximum Gasteiger partial charge on any atom is 0.303 e. The van der Waals surface area contributed by atoms with E-state index < -0.39 is 12.1 Å². The van der Waals surface area contributed by atoms with E-state index in [4.69, 9.17) is 5.11 Å². The van der Waals surface area contributed by atoms with Crippen molar-refractivity contribution < 1.29 is 15.0 Å². The average molecular weight is 318 g/mol. The standard InChI is InChI=1S/C20H30O3/c1-2-3-13-16-19(21)17-14-11-9-7-5-4-6-8-10-12-15-18-20(22)23/h3-5,8-11,13-14,17,19,21H,2,6-7,12,15-16,18H2,1H3,(H,22,23)/b5-4+,10-8+,11-9+,13-3+,17-14+. The van der Waals surface area contributed by atoms with Crippen molar-refractivity contribution in [2.45, 2.75) is 58.0 Å². The first-order valence-corrected chi connectivity index (χ1v) is 8.35. The zero-order valence-corrected chi connectivity index (χ0v) is 14.1. The van der Waals surface area contributed by atoms with Gasteiger partial charge in [0, 0.05) is 6.42 Å². The van der Waals surface area contributed by atoms with Gasteiger partial charge in [-0.05, 0) is 38.5 Å². The number of hydrogen-bond donors (Lipinski definition) is 2. The second kappa shape index (κ2) is 16.5. The van der Waals surface area contributed by atoms with Crippen molar-refractivity contribution in [3.63, 3.8) is 0 Å². The molecule has 1 atom stereocenters. The third-order valence-electron chi connectivity index (χ3n) is 3.00. The molecule has 0 saturated heterocycles. The molecular weight excluding hydrogens is 288 g/mol. The molecule has 0 heterocycles. The van der Waals surface area contributed by atoms with E-state index in [2.05, 4.69) is 31.2 Å². The zero-order valence-electron chi connectivity index (χ0n) is 14.1. The van der Waals surface area contributed by atoms with Crippen LogP contribution in [0.25, 0.3) is 0 Å². The molecule has 3 nitrogen and oxygen atoms in total. The molecule has 0 spiro atoms. The molecule has 128 valence electrons. The Bertz CT molecular complexity index is 428. The maximum absolute atomic E-state index is 10.3. The Labute approximate surface area is 140 Å². The highest BCUT2D eigenvalue weighted by molar-refractivity contribution is 5.66. The minimum absolute atomic E-state index is 0.238. The van der Waals surface area contributed by atoms with Crippen LogP contribution in [0.1, 0.15) is 51.9 Å². The van der Waals surface area contributed by atoms with E-state index in [1.165, 1.54) is 0 Å². The number of carbonyl (C=O) groups is 1. The summed E-state index contributed by atoms with van der Waals surface area (Å²) >= 11 is 0. The lowest BCUT2D eigenvalue weighted by molar-refractivity contribution is -0.137. The number of allylic oxidation sites excluding steroid dienone is 8. The van der Waals surface area contributed by atoms with E-state index in [1.54, 1.807) is 6.08 Å². The van der Waals surface area contributed by atoms with E-state index >= 15 is 0 Å². The fourth-order valence-electron chi connectivity index (χ4n) is 1.77. The van der Waals surface area contributed by atoms with Gasteiger partial charge in [0.15, 0.2) is 0 Å². The van der Waals surface area contributed by atoms with Crippen molar-refractivity contribution in [1.82, 2.24) is 0 Å².